The summed E-state index contributed by atoms with van der Waals surface area (Å²) in [4.78, 5) is -0.00451. The molecular weight excluding hydrogens is 278 g/mol. The van der Waals surface area contributed by atoms with Crippen molar-refractivity contribution < 1.29 is 13.5 Å². The van der Waals surface area contributed by atoms with Gasteiger partial charge in [-0.25, -0.2) is 13.6 Å². The summed E-state index contributed by atoms with van der Waals surface area (Å²) in [6.45, 7) is 5.66. The molecular formula is C13H23N3O3S. The van der Waals surface area contributed by atoms with Gasteiger partial charge in [0.25, 0.3) is 0 Å². The molecule has 0 aromatic heterocycles. The molecule has 1 atom stereocenters. The second kappa shape index (κ2) is 5.99. The zero-order valence-corrected chi connectivity index (χ0v) is 12.9. The Morgan fingerprint density at radius 2 is 2.00 bits per heavy atom. The van der Waals surface area contributed by atoms with Crippen LogP contribution in [0.2, 0.25) is 0 Å². The Labute approximate surface area is 120 Å². The second-order valence-electron chi connectivity index (χ2n) is 5.34. The predicted molar refractivity (Wildman–Crippen MR) is 81.0 cm³/mol. The summed E-state index contributed by atoms with van der Waals surface area (Å²) in [5.74, 6) is 0. The zero-order valence-electron chi connectivity index (χ0n) is 12.1. The van der Waals surface area contributed by atoms with Crippen LogP contribution >= 0.6 is 0 Å². The van der Waals surface area contributed by atoms with Crippen LogP contribution in [0.5, 0.6) is 0 Å². The SMILES string of the molecule is CCCC(C)(O)CNc1cc(N)cc(S(N)(=O)=O)c1C. The minimum Gasteiger partial charge on any atom is -0.399 e. The van der Waals surface area contributed by atoms with E-state index in [1.807, 2.05) is 6.92 Å². The molecule has 0 aliphatic heterocycles. The van der Waals surface area contributed by atoms with Crippen molar-refractivity contribution in [3.05, 3.63) is 17.7 Å². The smallest absolute Gasteiger partial charge is 0.238 e. The lowest BCUT2D eigenvalue weighted by atomic mass is 10.0. The molecule has 1 rings (SSSR count). The highest BCUT2D eigenvalue weighted by Crippen LogP contribution is 2.26. The maximum atomic E-state index is 11.5. The van der Waals surface area contributed by atoms with E-state index in [4.69, 9.17) is 10.9 Å². The van der Waals surface area contributed by atoms with E-state index in [1.165, 1.54) is 6.07 Å². The Morgan fingerprint density at radius 3 is 2.50 bits per heavy atom. The first kappa shape index (κ1) is 16.7. The number of benzene rings is 1. The number of hydrogen-bond acceptors (Lipinski definition) is 5. The number of nitrogen functional groups attached to an aromatic ring is 1. The lowest BCUT2D eigenvalue weighted by Crippen LogP contribution is -2.33. The fourth-order valence-electron chi connectivity index (χ4n) is 2.10. The number of nitrogens with one attached hydrogen (secondary N) is 1. The van der Waals surface area contributed by atoms with Crippen LogP contribution in [-0.4, -0.2) is 25.7 Å². The third-order valence-electron chi connectivity index (χ3n) is 3.14. The first-order valence-corrected chi connectivity index (χ1v) is 8.00. The average molecular weight is 301 g/mol. The van der Waals surface area contributed by atoms with E-state index in [1.54, 1.807) is 19.9 Å². The highest BCUT2D eigenvalue weighted by Gasteiger charge is 2.20. The van der Waals surface area contributed by atoms with Crippen LogP contribution in [0.25, 0.3) is 0 Å². The molecule has 0 heterocycles. The maximum Gasteiger partial charge on any atom is 0.238 e. The van der Waals surface area contributed by atoms with Crippen molar-refractivity contribution in [3.8, 4) is 0 Å². The third-order valence-corrected chi connectivity index (χ3v) is 4.17. The Hall–Kier alpha value is -1.31. The molecule has 0 radical (unpaired) electrons. The first-order chi connectivity index (χ1) is 9.07. The molecule has 0 saturated heterocycles. The molecule has 0 fully saturated rings. The van der Waals surface area contributed by atoms with E-state index in [2.05, 4.69) is 5.32 Å². The Bertz CT molecular complexity index is 583. The fourth-order valence-corrected chi connectivity index (χ4v) is 2.94. The molecule has 0 aliphatic rings. The van der Waals surface area contributed by atoms with Gasteiger partial charge >= 0.3 is 0 Å². The van der Waals surface area contributed by atoms with Gasteiger partial charge in [0.1, 0.15) is 0 Å². The van der Waals surface area contributed by atoms with Crippen LogP contribution < -0.4 is 16.2 Å². The number of anilines is 2. The molecule has 0 saturated carbocycles. The summed E-state index contributed by atoms with van der Waals surface area (Å²) in [6.07, 6.45) is 1.50. The van der Waals surface area contributed by atoms with Crippen molar-refractivity contribution >= 4 is 21.4 Å². The fraction of sp³-hybridized carbons (Fsp3) is 0.538. The van der Waals surface area contributed by atoms with Gasteiger partial charge in [0.2, 0.25) is 10.0 Å². The lowest BCUT2D eigenvalue weighted by Gasteiger charge is -2.24. The maximum absolute atomic E-state index is 11.5. The van der Waals surface area contributed by atoms with Gasteiger partial charge in [0.15, 0.2) is 0 Å². The van der Waals surface area contributed by atoms with E-state index in [9.17, 15) is 13.5 Å². The molecule has 1 unspecified atom stereocenters. The number of aliphatic hydroxyl groups is 1. The van der Waals surface area contributed by atoms with E-state index in [0.29, 0.717) is 29.9 Å². The number of sulfonamides is 1. The van der Waals surface area contributed by atoms with Crippen LogP contribution in [0.4, 0.5) is 11.4 Å². The van der Waals surface area contributed by atoms with Crippen LogP contribution in [0, 0.1) is 6.92 Å². The first-order valence-electron chi connectivity index (χ1n) is 6.46. The van der Waals surface area contributed by atoms with Gasteiger partial charge in [-0.15, -0.1) is 0 Å². The van der Waals surface area contributed by atoms with E-state index in [-0.39, 0.29) is 4.90 Å². The van der Waals surface area contributed by atoms with Crippen LogP contribution in [-0.2, 0) is 10.0 Å². The summed E-state index contributed by atoms with van der Waals surface area (Å²) in [6, 6.07) is 2.96. The van der Waals surface area contributed by atoms with Crippen molar-refractivity contribution in [1.82, 2.24) is 0 Å². The van der Waals surface area contributed by atoms with Gasteiger partial charge < -0.3 is 16.2 Å². The van der Waals surface area contributed by atoms with Gasteiger partial charge in [0, 0.05) is 17.9 Å². The molecule has 1 aromatic carbocycles. The van der Waals surface area contributed by atoms with Gasteiger partial charge in [-0.3, -0.25) is 0 Å². The lowest BCUT2D eigenvalue weighted by molar-refractivity contribution is 0.0637. The van der Waals surface area contributed by atoms with E-state index < -0.39 is 15.6 Å². The van der Waals surface area contributed by atoms with Crippen LogP contribution in [0.15, 0.2) is 17.0 Å². The Balaban J connectivity index is 3.06. The molecule has 0 bridgehead atoms. The van der Waals surface area contributed by atoms with Gasteiger partial charge in [0.05, 0.1) is 10.5 Å². The molecule has 6 nitrogen and oxygen atoms in total. The summed E-state index contributed by atoms with van der Waals surface area (Å²) in [5, 5.41) is 18.3. The molecule has 1 aromatic rings. The minimum absolute atomic E-state index is 0.00451. The van der Waals surface area contributed by atoms with Crippen LogP contribution in [0.1, 0.15) is 32.3 Å². The van der Waals surface area contributed by atoms with Gasteiger partial charge in [-0.05, 0) is 38.0 Å². The molecule has 0 spiro atoms. The minimum atomic E-state index is -3.83. The molecule has 0 amide bonds. The summed E-state index contributed by atoms with van der Waals surface area (Å²) < 4.78 is 23.0. The van der Waals surface area contributed by atoms with Gasteiger partial charge in [-0.2, -0.15) is 0 Å². The molecule has 0 aliphatic carbocycles. The van der Waals surface area contributed by atoms with Crippen molar-refractivity contribution in [3.63, 3.8) is 0 Å². The summed E-state index contributed by atoms with van der Waals surface area (Å²) in [7, 11) is -3.83. The van der Waals surface area contributed by atoms with Crippen LogP contribution in [0.3, 0.4) is 0 Å². The van der Waals surface area contributed by atoms with Gasteiger partial charge in [-0.1, -0.05) is 13.3 Å². The number of hydrogen-bond donors (Lipinski definition) is 4. The normalized spacial score (nSPS) is 14.8. The van der Waals surface area contributed by atoms with E-state index >= 15 is 0 Å². The van der Waals surface area contributed by atoms with Crippen molar-refractivity contribution in [1.29, 1.82) is 0 Å². The second-order valence-corrected chi connectivity index (χ2v) is 6.87. The topological polar surface area (TPSA) is 118 Å². The highest BCUT2D eigenvalue weighted by atomic mass is 32.2. The predicted octanol–water partition coefficient (Wildman–Crippen LogP) is 1.19. The number of nitrogens with two attached hydrogens (primary N) is 2. The average Bonchev–Trinajstić information content (AvgIpc) is 2.28. The summed E-state index contributed by atoms with van der Waals surface area (Å²) >= 11 is 0. The van der Waals surface area contributed by atoms with Crippen molar-refractivity contribution in [2.24, 2.45) is 5.14 Å². The zero-order chi connectivity index (χ0) is 15.6. The quantitative estimate of drug-likeness (QED) is 0.588. The molecule has 6 N–H and O–H groups in total. The number of primary sulfonamides is 1. The third kappa shape index (κ3) is 4.36. The standard InChI is InChI=1S/C13H23N3O3S/c1-4-5-13(3,17)8-16-11-6-10(14)7-12(9(11)2)20(15,18)19/h6-7,16-17H,4-5,8,14H2,1-3H3,(H2,15,18,19). The monoisotopic (exact) mass is 301 g/mol. The Morgan fingerprint density at radius 1 is 1.40 bits per heavy atom. The van der Waals surface area contributed by atoms with E-state index in [0.717, 1.165) is 6.42 Å². The molecule has 114 valence electrons. The van der Waals surface area contributed by atoms with Crippen molar-refractivity contribution in [2.45, 2.75) is 44.1 Å². The van der Waals surface area contributed by atoms with Crippen molar-refractivity contribution in [2.75, 3.05) is 17.6 Å². The molecule has 7 heteroatoms. The summed E-state index contributed by atoms with van der Waals surface area (Å²) in [5.41, 5.74) is 6.19. The molecule has 20 heavy (non-hydrogen) atoms. The highest BCUT2D eigenvalue weighted by molar-refractivity contribution is 7.89. The number of rotatable bonds is 6. The Kier molecular flexibility index (Phi) is 5.01. The largest absolute Gasteiger partial charge is 0.399 e.